The van der Waals surface area contributed by atoms with Crippen molar-refractivity contribution in [3.05, 3.63) is 46.6 Å². The number of halogens is 1. The van der Waals surface area contributed by atoms with Gasteiger partial charge in [0.05, 0.1) is 5.56 Å². The summed E-state index contributed by atoms with van der Waals surface area (Å²) in [6.45, 7) is 1.79. The lowest BCUT2D eigenvalue weighted by Gasteiger charge is -2.08. The fraction of sp³-hybridized carbons (Fsp3) is 0.0833. The number of oxime groups is 1. The van der Waals surface area contributed by atoms with Gasteiger partial charge in [0, 0.05) is 10.6 Å². The quantitative estimate of drug-likeness (QED) is 0.346. The highest BCUT2D eigenvalue weighted by atomic mass is 32.2. The van der Waals surface area contributed by atoms with E-state index in [1.54, 1.807) is 13.0 Å². The van der Waals surface area contributed by atoms with Gasteiger partial charge in [-0.05, 0) is 37.3 Å². The normalized spacial score (nSPS) is 12.4. The number of aryl methyl sites for hydroxylation is 1. The smallest absolute Gasteiger partial charge is 0.271 e. The van der Waals surface area contributed by atoms with Crippen LogP contribution in [-0.2, 0) is 10.0 Å². The number of nitrogens with two attached hydrogens (primary N) is 1. The Kier molecular flexibility index (Phi) is 4.14. The van der Waals surface area contributed by atoms with E-state index >= 15 is 0 Å². The number of thiophene rings is 1. The first-order valence-electron chi connectivity index (χ1n) is 5.70. The summed E-state index contributed by atoms with van der Waals surface area (Å²) in [4.78, 5) is 0.854. The molecule has 1 aromatic carbocycles. The molecule has 0 amide bonds. The van der Waals surface area contributed by atoms with Crippen LogP contribution in [0.1, 0.15) is 10.4 Å². The van der Waals surface area contributed by atoms with Crippen LogP contribution in [0.2, 0.25) is 0 Å². The van der Waals surface area contributed by atoms with Gasteiger partial charge in [-0.15, -0.1) is 11.3 Å². The monoisotopic (exact) mass is 329 g/mol. The molecule has 0 radical (unpaired) electrons. The summed E-state index contributed by atoms with van der Waals surface area (Å²) < 4.78 is 40.3. The maximum atomic E-state index is 13.5. The molecular weight excluding hydrogens is 317 g/mol. The van der Waals surface area contributed by atoms with Crippen molar-refractivity contribution in [3.8, 4) is 0 Å². The number of benzene rings is 1. The molecule has 0 aliphatic rings. The lowest BCUT2D eigenvalue weighted by atomic mass is 10.2. The van der Waals surface area contributed by atoms with Crippen molar-refractivity contribution in [2.24, 2.45) is 10.9 Å². The van der Waals surface area contributed by atoms with E-state index in [0.29, 0.717) is 0 Å². The molecule has 2 aromatic rings. The van der Waals surface area contributed by atoms with Gasteiger partial charge in [-0.25, -0.2) is 12.8 Å². The molecule has 9 heteroatoms. The number of sulfonamides is 1. The number of amidine groups is 1. The van der Waals surface area contributed by atoms with E-state index in [9.17, 15) is 12.8 Å². The second-order valence-electron chi connectivity index (χ2n) is 4.15. The highest BCUT2D eigenvalue weighted by molar-refractivity contribution is 7.94. The molecule has 0 spiro atoms. The highest BCUT2D eigenvalue weighted by Crippen LogP contribution is 2.24. The Bertz CT molecular complexity index is 800. The standard InChI is InChI=1S/C12H12FN3O3S2/c1-7-2-5-11(20-7)21(18,19)16-8-3-4-10(13)9(6-8)12(14)15-17/h2-6,16-17H,1H3,(H2,14,15). The van der Waals surface area contributed by atoms with Crippen LogP contribution >= 0.6 is 11.3 Å². The Hall–Kier alpha value is -2.13. The molecule has 6 nitrogen and oxygen atoms in total. The Morgan fingerprint density at radius 2 is 2.10 bits per heavy atom. The van der Waals surface area contributed by atoms with Crippen LogP contribution in [0, 0.1) is 12.7 Å². The first-order valence-corrected chi connectivity index (χ1v) is 8.00. The topological polar surface area (TPSA) is 105 Å². The van der Waals surface area contributed by atoms with E-state index in [1.807, 2.05) is 0 Å². The van der Waals surface area contributed by atoms with E-state index in [1.165, 1.54) is 12.1 Å². The van der Waals surface area contributed by atoms with Gasteiger partial charge >= 0.3 is 0 Å². The SMILES string of the molecule is Cc1ccc(S(=O)(=O)Nc2ccc(F)c(C(N)=NO)c2)s1. The van der Waals surface area contributed by atoms with Crippen LogP contribution in [0.5, 0.6) is 0 Å². The molecular formula is C12H12FN3O3S2. The van der Waals surface area contributed by atoms with Crippen molar-refractivity contribution in [3.63, 3.8) is 0 Å². The van der Waals surface area contributed by atoms with E-state index in [-0.39, 0.29) is 15.5 Å². The predicted octanol–water partition coefficient (Wildman–Crippen LogP) is 2.09. The van der Waals surface area contributed by atoms with Crippen molar-refractivity contribution in [1.29, 1.82) is 0 Å². The van der Waals surface area contributed by atoms with Gasteiger partial charge in [0.15, 0.2) is 5.84 Å². The zero-order chi connectivity index (χ0) is 15.6. The molecule has 0 aliphatic heterocycles. The molecule has 0 atom stereocenters. The third-order valence-corrected chi connectivity index (χ3v) is 5.46. The van der Waals surface area contributed by atoms with E-state index in [2.05, 4.69) is 9.88 Å². The van der Waals surface area contributed by atoms with Crippen LogP contribution in [0.15, 0.2) is 39.7 Å². The Morgan fingerprint density at radius 3 is 2.67 bits per heavy atom. The molecule has 2 rings (SSSR count). The van der Waals surface area contributed by atoms with E-state index in [0.717, 1.165) is 28.3 Å². The molecule has 4 N–H and O–H groups in total. The second-order valence-corrected chi connectivity index (χ2v) is 7.35. The molecule has 0 bridgehead atoms. The third kappa shape index (κ3) is 3.31. The van der Waals surface area contributed by atoms with Gasteiger partial charge in [0.2, 0.25) is 0 Å². The lowest BCUT2D eigenvalue weighted by Crippen LogP contribution is -2.17. The van der Waals surface area contributed by atoms with Gasteiger partial charge in [-0.3, -0.25) is 4.72 Å². The van der Waals surface area contributed by atoms with Gasteiger partial charge in [-0.1, -0.05) is 5.16 Å². The van der Waals surface area contributed by atoms with Crippen molar-refractivity contribution < 1.29 is 18.0 Å². The van der Waals surface area contributed by atoms with Gasteiger partial charge < -0.3 is 10.9 Å². The molecule has 0 unspecified atom stereocenters. The van der Waals surface area contributed by atoms with Crippen LogP contribution in [0.3, 0.4) is 0 Å². The molecule has 112 valence electrons. The summed E-state index contributed by atoms with van der Waals surface area (Å²) in [6, 6.07) is 6.61. The van der Waals surface area contributed by atoms with Gasteiger partial charge in [0.25, 0.3) is 10.0 Å². The average molecular weight is 329 g/mol. The summed E-state index contributed by atoms with van der Waals surface area (Å²) >= 11 is 1.12. The number of nitrogens with zero attached hydrogens (tertiary/aromatic N) is 1. The predicted molar refractivity (Wildman–Crippen MR) is 78.8 cm³/mol. The Balaban J connectivity index is 2.36. The number of rotatable bonds is 4. The van der Waals surface area contributed by atoms with Gasteiger partial charge in [-0.2, -0.15) is 0 Å². The van der Waals surface area contributed by atoms with Crippen molar-refractivity contribution in [2.75, 3.05) is 4.72 Å². The zero-order valence-corrected chi connectivity index (χ0v) is 12.5. The molecule has 1 aromatic heterocycles. The maximum Gasteiger partial charge on any atom is 0.271 e. The molecule has 1 heterocycles. The first-order chi connectivity index (χ1) is 9.83. The largest absolute Gasteiger partial charge is 0.409 e. The summed E-state index contributed by atoms with van der Waals surface area (Å²) in [7, 11) is -3.75. The minimum absolute atomic E-state index is 0.115. The second kappa shape index (κ2) is 5.70. The Morgan fingerprint density at radius 1 is 1.38 bits per heavy atom. The Labute approximate surface area is 124 Å². The third-order valence-electron chi connectivity index (χ3n) is 2.58. The summed E-state index contributed by atoms with van der Waals surface area (Å²) in [5.74, 6) is -1.17. The molecule has 0 saturated heterocycles. The van der Waals surface area contributed by atoms with Gasteiger partial charge in [0.1, 0.15) is 10.0 Å². The average Bonchev–Trinajstić information content (AvgIpc) is 2.87. The highest BCUT2D eigenvalue weighted by Gasteiger charge is 2.17. The number of hydrogen-bond acceptors (Lipinski definition) is 5. The maximum absolute atomic E-state index is 13.5. The lowest BCUT2D eigenvalue weighted by molar-refractivity contribution is 0.318. The zero-order valence-electron chi connectivity index (χ0n) is 10.9. The van der Waals surface area contributed by atoms with Crippen LogP contribution in [0.25, 0.3) is 0 Å². The molecule has 0 fully saturated rings. The summed E-state index contributed by atoms with van der Waals surface area (Å²) in [6.07, 6.45) is 0. The van der Waals surface area contributed by atoms with Crippen LogP contribution < -0.4 is 10.5 Å². The molecule has 21 heavy (non-hydrogen) atoms. The van der Waals surface area contributed by atoms with Crippen LogP contribution in [-0.4, -0.2) is 19.5 Å². The fourth-order valence-electron chi connectivity index (χ4n) is 1.60. The summed E-state index contributed by atoms with van der Waals surface area (Å²) in [5.41, 5.74) is 5.25. The van der Waals surface area contributed by atoms with Crippen molar-refractivity contribution in [1.82, 2.24) is 0 Å². The first kappa shape index (κ1) is 15.3. The number of nitrogens with one attached hydrogen (secondary N) is 1. The van der Waals surface area contributed by atoms with E-state index in [4.69, 9.17) is 10.9 Å². The minimum atomic E-state index is -3.75. The number of anilines is 1. The molecule has 0 saturated carbocycles. The van der Waals surface area contributed by atoms with E-state index < -0.39 is 21.7 Å². The van der Waals surface area contributed by atoms with Crippen LogP contribution in [0.4, 0.5) is 10.1 Å². The fourth-order valence-corrected chi connectivity index (χ4v) is 3.93. The molecule has 0 aliphatic carbocycles. The summed E-state index contributed by atoms with van der Waals surface area (Å²) in [5, 5.41) is 11.3. The van der Waals surface area contributed by atoms with Crippen molar-refractivity contribution >= 4 is 32.9 Å². The number of hydrogen-bond donors (Lipinski definition) is 3. The van der Waals surface area contributed by atoms with Crippen molar-refractivity contribution in [2.45, 2.75) is 11.1 Å². The minimum Gasteiger partial charge on any atom is -0.409 e.